The van der Waals surface area contributed by atoms with Crippen LogP contribution in [-0.2, 0) is 9.47 Å². The maximum Gasteiger partial charge on any atom is 0.189 e. The molecule has 0 amide bonds. The van der Waals surface area contributed by atoms with Crippen molar-refractivity contribution in [3.05, 3.63) is 48.0 Å². The second kappa shape index (κ2) is 6.90. The molecular weight excluding hydrogens is 262 g/mol. The Hall–Kier alpha value is -1.61. The van der Waals surface area contributed by atoms with Crippen LogP contribution in [0, 0.1) is 11.3 Å². The molecule has 114 valence electrons. The summed E-state index contributed by atoms with van der Waals surface area (Å²) in [5, 5.41) is 0. The minimum Gasteiger partial charge on any atom is -0.472 e. The molecule has 0 unspecified atom stereocenters. The summed E-state index contributed by atoms with van der Waals surface area (Å²) in [6.07, 6.45) is 4.22. The summed E-state index contributed by atoms with van der Waals surface area (Å²) in [7, 11) is 1.70. The molecule has 0 aromatic heterocycles. The Labute approximate surface area is 127 Å². The zero-order valence-electron chi connectivity index (χ0n) is 13.4. The lowest BCUT2D eigenvalue weighted by molar-refractivity contribution is 0.111. The summed E-state index contributed by atoms with van der Waals surface area (Å²) in [5.74, 6) is 1.08. The first kappa shape index (κ1) is 15.8. The van der Waals surface area contributed by atoms with Crippen molar-refractivity contribution < 1.29 is 9.47 Å². The molecule has 2 rings (SSSR count). The molecule has 1 aliphatic heterocycles. The summed E-state index contributed by atoms with van der Waals surface area (Å²) >= 11 is 0. The van der Waals surface area contributed by atoms with Gasteiger partial charge in [0, 0.05) is 18.4 Å². The normalized spacial score (nSPS) is 23.0. The van der Waals surface area contributed by atoms with Crippen LogP contribution in [-0.4, -0.2) is 26.2 Å². The average Bonchev–Trinajstić information content (AvgIpc) is 2.47. The summed E-state index contributed by atoms with van der Waals surface area (Å²) in [4.78, 5) is 4.64. The Morgan fingerprint density at radius 2 is 2.00 bits per heavy atom. The van der Waals surface area contributed by atoms with Gasteiger partial charge < -0.3 is 9.47 Å². The van der Waals surface area contributed by atoms with Gasteiger partial charge in [-0.3, -0.25) is 4.99 Å². The molecule has 3 nitrogen and oxygen atoms in total. The van der Waals surface area contributed by atoms with Gasteiger partial charge in [-0.05, 0) is 5.56 Å². The molecule has 1 heterocycles. The molecule has 0 saturated carbocycles. The van der Waals surface area contributed by atoms with E-state index in [0.717, 1.165) is 12.4 Å². The average molecular weight is 287 g/mol. The van der Waals surface area contributed by atoms with Gasteiger partial charge in [-0.25, -0.2) is 0 Å². The van der Waals surface area contributed by atoms with Crippen molar-refractivity contribution in [1.29, 1.82) is 0 Å². The number of nitrogens with zero attached hydrogens (tertiary/aromatic N) is 1. The lowest BCUT2D eigenvalue weighted by atomic mass is 9.90. The van der Waals surface area contributed by atoms with Gasteiger partial charge in [0.25, 0.3) is 0 Å². The van der Waals surface area contributed by atoms with Crippen LogP contribution in [0.1, 0.15) is 32.4 Å². The predicted octanol–water partition coefficient (Wildman–Crippen LogP) is 4.02. The van der Waals surface area contributed by atoms with Crippen LogP contribution >= 0.6 is 0 Å². The topological polar surface area (TPSA) is 30.8 Å². The maximum absolute atomic E-state index is 6.24. The molecule has 0 radical (unpaired) electrons. The van der Waals surface area contributed by atoms with Crippen LogP contribution in [0.5, 0.6) is 0 Å². The SMILES string of the molecule is COC/C=C/[C@H]1CN=C(C(C)(C)C)O[C@@H]1c1ccccc1. The number of benzene rings is 1. The molecule has 0 spiro atoms. The van der Waals surface area contributed by atoms with Crippen molar-refractivity contribution >= 4 is 5.90 Å². The van der Waals surface area contributed by atoms with Crippen LogP contribution < -0.4 is 0 Å². The number of aliphatic imine (C=N–C) groups is 1. The summed E-state index contributed by atoms with van der Waals surface area (Å²) in [6.45, 7) is 7.78. The Bertz CT molecular complexity index is 500. The van der Waals surface area contributed by atoms with Gasteiger partial charge in [0.15, 0.2) is 5.90 Å². The molecule has 0 bridgehead atoms. The van der Waals surface area contributed by atoms with E-state index in [9.17, 15) is 0 Å². The van der Waals surface area contributed by atoms with Gasteiger partial charge in [0.1, 0.15) is 6.10 Å². The van der Waals surface area contributed by atoms with Crippen molar-refractivity contribution in [2.75, 3.05) is 20.3 Å². The first-order valence-electron chi connectivity index (χ1n) is 7.44. The minimum atomic E-state index is -0.0613. The van der Waals surface area contributed by atoms with E-state index >= 15 is 0 Å². The van der Waals surface area contributed by atoms with Crippen LogP contribution in [0.25, 0.3) is 0 Å². The van der Waals surface area contributed by atoms with Crippen LogP contribution in [0.4, 0.5) is 0 Å². The Morgan fingerprint density at radius 3 is 2.62 bits per heavy atom. The fourth-order valence-corrected chi connectivity index (χ4v) is 2.39. The second-order valence-electron chi connectivity index (χ2n) is 6.39. The molecule has 0 fully saturated rings. The second-order valence-corrected chi connectivity index (χ2v) is 6.39. The molecule has 0 N–H and O–H groups in total. The van der Waals surface area contributed by atoms with E-state index < -0.39 is 0 Å². The van der Waals surface area contributed by atoms with E-state index in [2.05, 4.69) is 56.1 Å². The summed E-state index contributed by atoms with van der Waals surface area (Å²) in [6, 6.07) is 10.4. The highest BCUT2D eigenvalue weighted by Gasteiger charge is 2.32. The molecule has 0 saturated heterocycles. The van der Waals surface area contributed by atoms with Crippen LogP contribution in [0.2, 0.25) is 0 Å². The van der Waals surface area contributed by atoms with E-state index in [-0.39, 0.29) is 17.4 Å². The predicted molar refractivity (Wildman–Crippen MR) is 86.5 cm³/mol. The molecule has 1 aliphatic rings. The zero-order valence-corrected chi connectivity index (χ0v) is 13.4. The van der Waals surface area contributed by atoms with Crippen molar-refractivity contribution in [3.8, 4) is 0 Å². The lowest BCUT2D eigenvalue weighted by Gasteiger charge is -2.34. The molecule has 1 aromatic rings. The lowest BCUT2D eigenvalue weighted by Crippen LogP contribution is -2.33. The molecule has 0 aliphatic carbocycles. The van der Waals surface area contributed by atoms with Crippen molar-refractivity contribution in [2.45, 2.75) is 26.9 Å². The van der Waals surface area contributed by atoms with Crippen molar-refractivity contribution in [3.63, 3.8) is 0 Å². The highest BCUT2D eigenvalue weighted by molar-refractivity contribution is 5.82. The molecule has 2 atom stereocenters. The molecular formula is C18H25NO2. The largest absolute Gasteiger partial charge is 0.472 e. The highest BCUT2D eigenvalue weighted by Crippen LogP contribution is 2.34. The van der Waals surface area contributed by atoms with E-state index in [4.69, 9.17) is 9.47 Å². The number of methoxy groups -OCH3 is 1. The van der Waals surface area contributed by atoms with E-state index in [1.54, 1.807) is 7.11 Å². The minimum absolute atomic E-state index is 0.0195. The standard InChI is InChI=1S/C18H25NO2/c1-18(2,3)17-19-13-15(11-8-12-20-4)16(21-17)14-9-6-5-7-10-14/h5-11,15-16H,12-13H2,1-4H3/b11-8+/t15-,16+/m0/s1. The smallest absolute Gasteiger partial charge is 0.189 e. The van der Waals surface area contributed by atoms with Gasteiger partial charge in [-0.1, -0.05) is 63.3 Å². The van der Waals surface area contributed by atoms with Gasteiger partial charge >= 0.3 is 0 Å². The van der Waals surface area contributed by atoms with E-state index in [1.807, 2.05) is 12.1 Å². The summed E-state index contributed by atoms with van der Waals surface area (Å²) in [5.41, 5.74) is 1.13. The summed E-state index contributed by atoms with van der Waals surface area (Å²) < 4.78 is 11.3. The molecule has 1 aromatic carbocycles. The number of hydrogen-bond acceptors (Lipinski definition) is 3. The third-order valence-electron chi connectivity index (χ3n) is 3.49. The van der Waals surface area contributed by atoms with Gasteiger partial charge in [0.05, 0.1) is 13.2 Å². The fourth-order valence-electron chi connectivity index (χ4n) is 2.39. The highest BCUT2D eigenvalue weighted by atomic mass is 16.5. The number of rotatable bonds is 4. The quantitative estimate of drug-likeness (QED) is 0.783. The van der Waals surface area contributed by atoms with Crippen molar-refractivity contribution in [1.82, 2.24) is 0 Å². The van der Waals surface area contributed by atoms with Gasteiger partial charge in [0.2, 0.25) is 0 Å². The first-order valence-corrected chi connectivity index (χ1v) is 7.44. The number of hydrogen-bond donors (Lipinski definition) is 0. The Morgan fingerprint density at radius 1 is 1.29 bits per heavy atom. The van der Waals surface area contributed by atoms with E-state index in [0.29, 0.717) is 6.61 Å². The van der Waals surface area contributed by atoms with Gasteiger partial charge in [-0.2, -0.15) is 0 Å². The van der Waals surface area contributed by atoms with Crippen LogP contribution in [0.15, 0.2) is 47.5 Å². The number of ether oxygens (including phenoxy) is 2. The fraction of sp³-hybridized carbons (Fsp3) is 0.500. The molecule has 21 heavy (non-hydrogen) atoms. The Balaban J connectivity index is 2.24. The third-order valence-corrected chi connectivity index (χ3v) is 3.49. The maximum atomic E-state index is 6.24. The first-order chi connectivity index (χ1) is 10.0. The van der Waals surface area contributed by atoms with Crippen molar-refractivity contribution in [2.24, 2.45) is 16.3 Å². The zero-order chi connectivity index (χ0) is 15.3. The van der Waals surface area contributed by atoms with E-state index in [1.165, 1.54) is 5.56 Å². The Kier molecular flexibility index (Phi) is 5.18. The van der Waals surface area contributed by atoms with Crippen LogP contribution in [0.3, 0.4) is 0 Å². The third kappa shape index (κ3) is 4.18. The molecule has 3 heteroatoms. The monoisotopic (exact) mass is 287 g/mol. The van der Waals surface area contributed by atoms with Gasteiger partial charge in [-0.15, -0.1) is 0 Å².